The Morgan fingerprint density at radius 1 is 1.58 bits per heavy atom. The molecule has 2 rings (SSSR count). The van der Waals surface area contributed by atoms with Crippen molar-refractivity contribution in [2.45, 2.75) is 6.61 Å². The van der Waals surface area contributed by atoms with Gasteiger partial charge in [-0.1, -0.05) is 0 Å². The number of aliphatic hydroxyl groups is 1. The van der Waals surface area contributed by atoms with Crippen molar-refractivity contribution in [2.24, 2.45) is 0 Å². The van der Waals surface area contributed by atoms with E-state index in [-0.39, 0.29) is 6.61 Å². The highest BCUT2D eigenvalue weighted by atomic mass is 32.1. The first-order valence-corrected chi connectivity index (χ1v) is 4.22. The highest BCUT2D eigenvalue weighted by Crippen LogP contribution is 2.14. The summed E-state index contributed by atoms with van der Waals surface area (Å²) in [7, 11) is 0. The topological polar surface area (TPSA) is 63.8 Å². The summed E-state index contributed by atoms with van der Waals surface area (Å²) < 4.78 is 1.52. The summed E-state index contributed by atoms with van der Waals surface area (Å²) in [5, 5.41) is 22.5. The largest absolute Gasteiger partial charge is 0.388 e. The van der Waals surface area contributed by atoms with Crippen LogP contribution in [0.15, 0.2) is 17.5 Å². The first-order chi connectivity index (χ1) is 5.92. The summed E-state index contributed by atoms with van der Waals surface area (Å²) in [6.07, 6.45) is 0. The molecular formula is C6H6N4OS. The molecule has 0 aliphatic heterocycles. The van der Waals surface area contributed by atoms with Crippen LogP contribution in [0.2, 0.25) is 0 Å². The fourth-order valence-corrected chi connectivity index (χ4v) is 1.56. The maximum absolute atomic E-state index is 8.85. The molecule has 6 heteroatoms. The molecule has 0 aliphatic carbocycles. The van der Waals surface area contributed by atoms with Gasteiger partial charge >= 0.3 is 0 Å². The summed E-state index contributed by atoms with van der Waals surface area (Å²) in [6, 6.07) is 3.79. The van der Waals surface area contributed by atoms with E-state index in [1.807, 2.05) is 17.5 Å². The smallest absolute Gasteiger partial charge is 0.182 e. The molecule has 0 saturated heterocycles. The first kappa shape index (κ1) is 7.38. The lowest BCUT2D eigenvalue weighted by Gasteiger charge is -1.95. The first-order valence-electron chi connectivity index (χ1n) is 3.34. The van der Waals surface area contributed by atoms with E-state index >= 15 is 0 Å². The number of thiophene rings is 1. The van der Waals surface area contributed by atoms with Gasteiger partial charge in [0.2, 0.25) is 0 Å². The molecule has 0 aromatic carbocycles. The minimum Gasteiger partial charge on any atom is -0.388 e. The molecule has 0 amide bonds. The van der Waals surface area contributed by atoms with Gasteiger partial charge in [-0.3, -0.25) is 0 Å². The fourth-order valence-electron chi connectivity index (χ4n) is 0.866. The van der Waals surface area contributed by atoms with Crippen molar-refractivity contribution in [3.8, 4) is 5.00 Å². The Hall–Kier alpha value is -1.27. The highest BCUT2D eigenvalue weighted by Gasteiger charge is 2.06. The van der Waals surface area contributed by atoms with Crippen LogP contribution in [0.1, 0.15) is 5.82 Å². The number of hydrogen-bond acceptors (Lipinski definition) is 5. The van der Waals surface area contributed by atoms with Gasteiger partial charge < -0.3 is 5.11 Å². The Labute approximate surface area is 72.3 Å². The molecule has 0 bridgehead atoms. The molecule has 0 fully saturated rings. The lowest BCUT2D eigenvalue weighted by molar-refractivity contribution is 0.268. The molecule has 1 N–H and O–H groups in total. The Bertz CT molecular complexity index is 355. The van der Waals surface area contributed by atoms with Gasteiger partial charge in [-0.25, -0.2) is 0 Å². The molecule has 12 heavy (non-hydrogen) atoms. The van der Waals surface area contributed by atoms with E-state index in [2.05, 4.69) is 15.5 Å². The van der Waals surface area contributed by atoms with Gasteiger partial charge in [-0.15, -0.1) is 16.4 Å². The number of rotatable bonds is 2. The SMILES string of the molecule is OCc1nnnn1-c1cccs1. The standard InChI is InChI=1S/C6H6N4OS/c11-4-5-7-8-9-10(5)6-2-1-3-12-6/h1-3,11H,4H2. The van der Waals surface area contributed by atoms with E-state index < -0.39 is 0 Å². The average molecular weight is 182 g/mol. The van der Waals surface area contributed by atoms with Gasteiger partial charge in [0.1, 0.15) is 11.6 Å². The predicted octanol–water partition coefficient (Wildman–Crippen LogP) is 0.216. The zero-order valence-corrected chi connectivity index (χ0v) is 6.90. The van der Waals surface area contributed by atoms with Crippen LogP contribution in [0.4, 0.5) is 0 Å². The number of hydrogen-bond donors (Lipinski definition) is 1. The van der Waals surface area contributed by atoms with E-state index in [0.29, 0.717) is 5.82 Å². The third-order valence-electron chi connectivity index (χ3n) is 1.39. The van der Waals surface area contributed by atoms with Crippen LogP contribution < -0.4 is 0 Å². The van der Waals surface area contributed by atoms with Gasteiger partial charge in [-0.05, 0) is 27.9 Å². The molecule has 62 valence electrons. The van der Waals surface area contributed by atoms with Crippen molar-refractivity contribution in [3.05, 3.63) is 23.3 Å². The molecule has 0 unspecified atom stereocenters. The normalized spacial score (nSPS) is 10.4. The fraction of sp³-hybridized carbons (Fsp3) is 0.167. The van der Waals surface area contributed by atoms with Gasteiger partial charge in [0.05, 0.1) is 0 Å². The molecule has 0 radical (unpaired) electrons. The van der Waals surface area contributed by atoms with Crippen LogP contribution in [0.25, 0.3) is 5.00 Å². The number of aliphatic hydroxyl groups excluding tert-OH is 1. The molecule has 2 heterocycles. The van der Waals surface area contributed by atoms with Crippen LogP contribution in [0, 0.1) is 0 Å². The van der Waals surface area contributed by atoms with Gasteiger partial charge in [0.15, 0.2) is 5.82 Å². The summed E-state index contributed by atoms with van der Waals surface area (Å²) in [4.78, 5) is 0. The minimum atomic E-state index is -0.148. The van der Waals surface area contributed by atoms with Crippen molar-refractivity contribution in [1.82, 2.24) is 20.2 Å². The van der Waals surface area contributed by atoms with Crippen LogP contribution in [0.5, 0.6) is 0 Å². The maximum Gasteiger partial charge on any atom is 0.182 e. The van der Waals surface area contributed by atoms with Crippen molar-refractivity contribution in [2.75, 3.05) is 0 Å². The van der Waals surface area contributed by atoms with Crippen LogP contribution in [-0.4, -0.2) is 25.3 Å². The second-order valence-corrected chi connectivity index (χ2v) is 3.04. The van der Waals surface area contributed by atoms with E-state index in [1.165, 1.54) is 16.0 Å². The highest BCUT2D eigenvalue weighted by molar-refractivity contribution is 7.12. The van der Waals surface area contributed by atoms with Crippen LogP contribution in [0.3, 0.4) is 0 Å². The molecule has 0 spiro atoms. The molecule has 0 atom stereocenters. The molecule has 0 aliphatic rings. The van der Waals surface area contributed by atoms with E-state index in [0.717, 1.165) is 5.00 Å². The number of tetrazole rings is 1. The zero-order chi connectivity index (χ0) is 8.39. The molecule has 0 saturated carbocycles. The summed E-state index contributed by atoms with van der Waals surface area (Å²) in [5.41, 5.74) is 0. The second-order valence-electron chi connectivity index (χ2n) is 2.12. The Balaban J connectivity index is 2.46. The van der Waals surface area contributed by atoms with Crippen molar-refractivity contribution >= 4 is 11.3 Å². The predicted molar refractivity (Wildman–Crippen MR) is 43.0 cm³/mol. The van der Waals surface area contributed by atoms with E-state index in [1.54, 1.807) is 0 Å². The molecule has 5 nitrogen and oxygen atoms in total. The van der Waals surface area contributed by atoms with Crippen LogP contribution >= 0.6 is 11.3 Å². The van der Waals surface area contributed by atoms with Crippen LogP contribution in [-0.2, 0) is 6.61 Å². The van der Waals surface area contributed by atoms with E-state index in [4.69, 9.17) is 5.11 Å². The Kier molecular flexibility index (Phi) is 1.84. The van der Waals surface area contributed by atoms with Crippen molar-refractivity contribution in [3.63, 3.8) is 0 Å². The minimum absolute atomic E-state index is 0.148. The third kappa shape index (κ3) is 1.10. The van der Waals surface area contributed by atoms with Crippen molar-refractivity contribution < 1.29 is 5.11 Å². The summed E-state index contributed by atoms with van der Waals surface area (Å²) in [5.74, 6) is 0.456. The third-order valence-corrected chi connectivity index (χ3v) is 2.23. The lowest BCUT2D eigenvalue weighted by atomic mass is 10.6. The number of nitrogens with zero attached hydrogens (tertiary/aromatic N) is 4. The lowest BCUT2D eigenvalue weighted by Crippen LogP contribution is -2.00. The summed E-state index contributed by atoms with van der Waals surface area (Å²) in [6.45, 7) is -0.148. The molecule has 2 aromatic heterocycles. The Morgan fingerprint density at radius 2 is 2.50 bits per heavy atom. The summed E-state index contributed by atoms with van der Waals surface area (Å²) >= 11 is 1.52. The van der Waals surface area contributed by atoms with Crippen molar-refractivity contribution in [1.29, 1.82) is 0 Å². The van der Waals surface area contributed by atoms with Gasteiger partial charge in [0, 0.05) is 0 Å². The monoisotopic (exact) mass is 182 g/mol. The second kappa shape index (κ2) is 3.00. The van der Waals surface area contributed by atoms with Gasteiger partial charge in [0.25, 0.3) is 0 Å². The molecule has 2 aromatic rings. The van der Waals surface area contributed by atoms with E-state index in [9.17, 15) is 0 Å². The number of aromatic nitrogens is 4. The maximum atomic E-state index is 8.85. The van der Waals surface area contributed by atoms with Gasteiger partial charge in [-0.2, -0.15) is 4.68 Å². The zero-order valence-electron chi connectivity index (χ0n) is 6.08. The Morgan fingerprint density at radius 3 is 3.17 bits per heavy atom. The average Bonchev–Trinajstić information content (AvgIpc) is 2.74. The quantitative estimate of drug-likeness (QED) is 0.721. The molecular weight excluding hydrogens is 176 g/mol.